The topological polar surface area (TPSA) is 142 Å². The highest BCUT2D eigenvalue weighted by molar-refractivity contribution is 5.79. The molecule has 1 aliphatic carbocycles. The van der Waals surface area contributed by atoms with Crippen LogP contribution >= 0.6 is 0 Å². The second kappa shape index (κ2) is 14.9. The fourth-order valence-electron chi connectivity index (χ4n) is 4.37. The van der Waals surface area contributed by atoms with Crippen molar-refractivity contribution < 1.29 is 38.5 Å². The number of carboxylic acid groups (broad SMARTS) is 1. The van der Waals surface area contributed by atoms with Crippen LogP contribution in [-0.4, -0.2) is 41.1 Å². The average molecular weight is 534 g/mol. The lowest BCUT2D eigenvalue weighted by Gasteiger charge is -2.27. The van der Waals surface area contributed by atoms with Gasteiger partial charge in [0.2, 0.25) is 0 Å². The van der Waals surface area contributed by atoms with Crippen LogP contribution in [0.25, 0.3) is 0 Å². The zero-order chi connectivity index (χ0) is 28.4. The highest BCUT2D eigenvalue weighted by Crippen LogP contribution is 2.36. The Morgan fingerprint density at radius 3 is 2.00 bits per heavy atom. The van der Waals surface area contributed by atoms with E-state index >= 15 is 0 Å². The minimum absolute atomic E-state index is 0.0129. The predicted molar refractivity (Wildman–Crippen MR) is 142 cm³/mol. The molecule has 1 aliphatic rings. The van der Waals surface area contributed by atoms with E-state index in [1.165, 1.54) is 12.1 Å². The molecular weight excluding hydrogens is 490 g/mol. The molecule has 212 valence electrons. The van der Waals surface area contributed by atoms with E-state index in [-0.39, 0.29) is 35.7 Å². The van der Waals surface area contributed by atoms with Gasteiger partial charge in [-0.2, -0.15) is 0 Å². The van der Waals surface area contributed by atoms with E-state index in [9.17, 15) is 24.3 Å². The fraction of sp³-hybridized carbons (Fsp3) is 0.655. The molecule has 0 amide bonds. The first-order valence-electron chi connectivity index (χ1n) is 13.7. The Morgan fingerprint density at radius 2 is 1.47 bits per heavy atom. The van der Waals surface area contributed by atoms with Gasteiger partial charge in [-0.05, 0) is 56.7 Å². The number of rotatable bonds is 13. The normalized spacial score (nSPS) is 17.9. The van der Waals surface area contributed by atoms with Crippen molar-refractivity contribution in [2.24, 2.45) is 23.5 Å². The number of hydrogen-bond donors (Lipinski definition) is 2. The summed E-state index contributed by atoms with van der Waals surface area (Å²) in [6.45, 7) is 8.89. The lowest BCUT2D eigenvalue weighted by atomic mass is 9.86. The zero-order valence-electron chi connectivity index (χ0n) is 23.2. The van der Waals surface area contributed by atoms with E-state index < -0.39 is 41.9 Å². The summed E-state index contributed by atoms with van der Waals surface area (Å²) in [6.07, 6.45) is 5.38. The molecule has 0 aromatic heterocycles. The van der Waals surface area contributed by atoms with Gasteiger partial charge in [0.25, 0.3) is 0 Å². The second-order valence-electron chi connectivity index (χ2n) is 10.5. The Morgan fingerprint density at radius 1 is 0.921 bits per heavy atom. The number of hydrogen-bond acceptors (Lipinski definition) is 8. The summed E-state index contributed by atoms with van der Waals surface area (Å²) in [7, 11) is 0. The first-order chi connectivity index (χ1) is 18.0. The van der Waals surface area contributed by atoms with Crippen molar-refractivity contribution in [3.63, 3.8) is 0 Å². The van der Waals surface area contributed by atoms with Crippen LogP contribution in [0.1, 0.15) is 97.5 Å². The number of nitrogens with two attached hydrogens (primary N) is 1. The van der Waals surface area contributed by atoms with Crippen LogP contribution in [0.2, 0.25) is 0 Å². The largest absolute Gasteiger partial charge is 0.480 e. The molecule has 9 nitrogen and oxygen atoms in total. The van der Waals surface area contributed by atoms with Crippen molar-refractivity contribution in [3.8, 4) is 11.5 Å². The molecule has 1 aromatic rings. The molecule has 0 aliphatic heterocycles. The van der Waals surface area contributed by atoms with Crippen molar-refractivity contribution in [2.75, 3.05) is 0 Å². The molecule has 0 saturated heterocycles. The maximum Gasteiger partial charge on any atom is 0.321 e. The van der Waals surface area contributed by atoms with E-state index in [2.05, 4.69) is 0 Å². The molecular formula is C29H43NO8. The van der Waals surface area contributed by atoms with Gasteiger partial charge in [0, 0.05) is 5.92 Å². The molecule has 38 heavy (non-hydrogen) atoms. The summed E-state index contributed by atoms with van der Waals surface area (Å²) < 4.78 is 16.8. The molecule has 1 aromatic carbocycles. The average Bonchev–Trinajstić information content (AvgIpc) is 2.91. The number of aliphatic carboxylic acids is 1. The quantitative estimate of drug-likeness (QED) is 0.265. The molecule has 0 spiro atoms. The van der Waals surface area contributed by atoms with Crippen LogP contribution in [0, 0.1) is 17.8 Å². The number of carbonyl (C=O) groups is 4. The summed E-state index contributed by atoms with van der Waals surface area (Å²) in [5.74, 6) is -4.03. The predicted octanol–water partition coefficient (Wildman–Crippen LogP) is 4.99. The molecule has 1 fully saturated rings. The molecule has 4 unspecified atom stereocenters. The second-order valence-corrected chi connectivity index (χ2v) is 10.5. The van der Waals surface area contributed by atoms with Crippen molar-refractivity contribution in [1.29, 1.82) is 0 Å². The Kier molecular flexibility index (Phi) is 12.2. The van der Waals surface area contributed by atoms with Crippen LogP contribution in [0.4, 0.5) is 0 Å². The van der Waals surface area contributed by atoms with Crippen LogP contribution < -0.4 is 15.2 Å². The Bertz CT molecular complexity index is 971. The summed E-state index contributed by atoms with van der Waals surface area (Å²) >= 11 is 0. The van der Waals surface area contributed by atoms with Crippen LogP contribution in [0.3, 0.4) is 0 Å². The first-order valence-corrected chi connectivity index (χ1v) is 13.7. The molecule has 3 N–H and O–H groups in total. The molecule has 9 heteroatoms. The Balaban J connectivity index is 2.35. The van der Waals surface area contributed by atoms with Gasteiger partial charge in [0.1, 0.15) is 6.04 Å². The standard InChI is InChI=1S/C29H43NO8/c1-6-17(3)27(33)37-23-14-13-21(16-24(23)38-28(34)18(4)7-2)22(25(30)26(31)32)15-19(5)36-29(35)20-11-9-8-10-12-20/h13-14,16-20,22,25H,6-12,15,30H2,1-5H3,(H,31,32)/t17?,18?,19?,22?,25-/m0/s1. The number of benzene rings is 1. The molecule has 0 heterocycles. The van der Waals surface area contributed by atoms with E-state index in [0.29, 0.717) is 18.4 Å². The Labute approximate surface area is 225 Å². The van der Waals surface area contributed by atoms with E-state index in [1.807, 2.05) is 13.8 Å². The molecule has 2 rings (SSSR count). The molecule has 5 atom stereocenters. The van der Waals surface area contributed by atoms with Gasteiger partial charge in [-0.25, -0.2) is 0 Å². The number of carbonyl (C=O) groups excluding carboxylic acids is 3. The summed E-state index contributed by atoms with van der Waals surface area (Å²) in [6, 6.07) is 3.26. The fourth-order valence-corrected chi connectivity index (χ4v) is 4.37. The molecule has 0 radical (unpaired) electrons. The van der Waals surface area contributed by atoms with Gasteiger partial charge >= 0.3 is 23.9 Å². The minimum Gasteiger partial charge on any atom is -0.480 e. The van der Waals surface area contributed by atoms with Crippen LogP contribution in [-0.2, 0) is 23.9 Å². The lowest BCUT2D eigenvalue weighted by Crippen LogP contribution is -2.38. The third-order valence-electron chi connectivity index (χ3n) is 7.41. The first kappa shape index (κ1) is 31.3. The van der Waals surface area contributed by atoms with Gasteiger partial charge in [-0.15, -0.1) is 0 Å². The van der Waals surface area contributed by atoms with Crippen molar-refractivity contribution in [2.45, 2.75) is 104 Å². The van der Waals surface area contributed by atoms with Crippen molar-refractivity contribution in [3.05, 3.63) is 23.8 Å². The van der Waals surface area contributed by atoms with Gasteiger partial charge in [-0.1, -0.05) is 53.0 Å². The van der Waals surface area contributed by atoms with Crippen LogP contribution in [0.15, 0.2) is 18.2 Å². The smallest absolute Gasteiger partial charge is 0.321 e. The summed E-state index contributed by atoms with van der Waals surface area (Å²) in [4.78, 5) is 49.6. The third-order valence-corrected chi connectivity index (χ3v) is 7.41. The Hall–Kier alpha value is -2.94. The number of esters is 3. The molecule has 0 bridgehead atoms. The monoisotopic (exact) mass is 533 g/mol. The number of carboxylic acids is 1. The van der Waals surface area contributed by atoms with Gasteiger partial charge < -0.3 is 25.1 Å². The highest BCUT2D eigenvalue weighted by Gasteiger charge is 2.32. The molecule has 1 saturated carbocycles. The van der Waals surface area contributed by atoms with Crippen LogP contribution in [0.5, 0.6) is 11.5 Å². The highest BCUT2D eigenvalue weighted by atomic mass is 16.6. The van der Waals surface area contributed by atoms with E-state index in [1.54, 1.807) is 26.8 Å². The number of ether oxygens (including phenoxy) is 3. The van der Waals surface area contributed by atoms with Crippen molar-refractivity contribution in [1.82, 2.24) is 0 Å². The van der Waals surface area contributed by atoms with E-state index in [0.717, 1.165) is 32.1 Å². The van der Waals surface area contributed by atoms with Gasteiger partial charge in [0.05, 0.1) is 23.9 Å². The minimum atomic E-state index is -1.31. The SMILES string of the molecule is CCC(C)C(=O)Oc1ccc(C(CC(C)OC(=O)C2CCCCC2)[C@H](N)C(=O)O)cc1OC(=O)C(C)CC. The van der Waals surface area contributed by atoms with Gasteiger partial charge in [0.15, 0.2) is 11.5 Å². The van der Waals surface area contributed by atoms with Crippen molar-refractivity contribution >= 4 is 23.9 Å². The summed E-state index contributed by atoms with van der Waals surface area (Å²) in [5.41, 5.74) is 6.55. The zero-order valence-corrected chi connectivity index (χ0v) is 23.2. The van der Waals surface area contributed by atoms with E-state index in [4.69, 9.17) is 19.9 Å². The third kappa shape index (κ3) is 8.82. The maximum atomic E-state index is 12.6. The summed E-state index contributed by atoms with van der Waals surface area (Å²) in [5, 5.41) is 9.71. The maximum absolute atomic E-state index is 12.6. The lowest BCUT2D eigenvalue weighted by molar-refractivity contribution is -0.155. The van der Waals surface area contributed by atoms with Gasteiger partial charge in [-0.3, -0.25) is 19.2 Å².